The third-order valence-corrected chi connectivity index (χ3v) is 3.45. The molecule has 0 aliphatic heterocycles. The molecule has 0 amide bonds. The second kappa shape index (κ2) is 6.62. The van der Waals surface area contributed by atoms with E-state index in [2.05, 4.69) is 21.0 Å². The summed E-state index contributed by atoms with van der Waals surface area (Å²) in [7, 11) is 0. The number of halogens is 2. The van der Waals surface area contributed by atoms with Crippen molar-refractivity contribution in [3.05, 3.63) is 56.2 Å². The van der Waals surface area contributed by atoms with E-state index in [1.54, 1.807) is 6.92 Å². The molecular weight excluding hydrogens is 342 g/mol. The Kier molecular flexibility index (Phi) is 5.64. The average Bonchev–Trinajstić information content (AvgIpc) is 2.37. The van der Waals surface area contributed by atoms with Gasteiger partial charge < -0.3 is 9.90 Å². The zero-order valence-electron chi connectivity index (χ0n) is 10.7. The molecule has 5 nitrogen and oxygen atoms in total. The molecular formula is C12H7BrFN2NaO3. The molecule has 1 aromatic carbocycles. The van der Waals surface area contributed by atoms with E-state index in [4.69, 9.17) is 0 Å². The van der Waals surface area contributed by atoms with E-state index in [1.807, 2.05) is 0 Å². The fourth-order valence-electron chi connectivity index (χ4n) is 1.55. The van der Waals surface area contributed by atoms with Crippen molar-refractivity contribution in [3.63, 3.8) is 0 Å². The SMILES string of the molecule is Cc1c(Br)c(=O)c(C(=O)[O-])nn1-c1ccc(F)cc1.[Na+]. The molecule has 0 aliphatic carbocycles. The van der Waals surface area contributed by atoms with Crippen LogP contribution in [0.1, 0.15) is 16.2 Å². The Balaban J connectivity index is 0.00000200. The van der Waals surface area contributed by atoms with Crippen LogP contribution in [0.5, 0.6) is 0 Å². The van der Waals surface area contributed by atoms with Gasteiger partial charge in [0.15, 0.2) is 5.69 Å². The van der Waals surface area contributed by atoms with Gasteiger partial charge in [-0.25, -0.2) is 9.07 Å². The Labute approximate surface area is 143 Å². The van der Waals surface area contributed by atoms with Gasteiger partial charge in [-0.2, -0.15) is 5.10 Å². The van der Waals surface area contributed by atoms with Crippen molar-refractivity contribution in [2.24, 2.45) is 0 Å². The number of hydrogen-bond donors (Lipinski definition) is 0. The molecule has 0 fully saturated rings. The molecule has 2 rings (SSSR count). The van der Waals surface area contributed by atoms with Crippen LogP contribution in [-0.2, 0) is 0 Å². The number of aromatic carboxylic acids is 1. The largest absolute Gasteiger partial charge is 1.00 e. The molecule has 0 N–H and O–H groups in total. The summed E-state index contributed by atoms with van der Waals surface area (Å²) in [5.41, 5.74) is -0.624. The number of nitrogens with zero attached hydrogens (tertiary/aromatic N) is 2. The van der Waals surface area contributed by atoms with Crippen LogP contribution in [-0.4, -0.2) is 15.7 Å². The van der Waals surface area contributed by atoms with Gasteiger partial charge in [0.1, 0.15) is 5.82 Å². The van der Waals surface area contributed by atoms with E-state index < -0.39 is 22.9 Å². The van der Waals surface area contributed by atoms with Crippen LogP contribution >= 0.6 is 15.9 Å². The summed E-state index contributed by atoms with van der Waals surface area (Å²) in [6.07, 6.45) is 0. The molecule has 2 aromatic rings. The summed E-state index contributed by atoms with van der Waals surface area (Å²) < 4.78 is 14.2. The summed E-state index contributed by atoms with van der Waals surface area (Å²) in [4.78, 5) is 22.5. The summed E-state index contributed by atoms with van der Waals surface area (Å²) in [5.74, 6) is -2.09. The van der Waals surface area contributed by atoms with Gasteiger partial charge in [0.2, 0.25) is 5.43 Å². The van der Waals surface area contributed by atoms with Crippen LogP contribution in [0.25, 0.3) is 5.69 Å². The molecule has 0 saturated carbocycles. The van der Waals surface area contributed by atoms with Gasteiger partial charge >= 0.3 is 29.6 Å². The van der Waals surface area contributed by atoms with E-state index in [9.17, 15) is 19.1 Å². The van der Waals surface area contributed by atoms with Gasteiger partial charge in [-0.3, -0.25) is 4.79 Å². The predicted molar refractivity (Wildman–Crippen MR) is 66.6 cm³/mol. The second-order valence-corrected chi connectivity index (χ2v) is 4.55. The number of rotatable bonds is 2. The zero-order chi connectivity index (χ0) is 14.2. The monoisotopic (exact) mass is 348 g/mol. The minimum absolute atomic E-state index is 0. The molecule has 0 spiro atoms. The number of carboxylic acids is 1. The summed E-state index contributed by atoms with van der Waals surface area (Å²) >= 11 is 3.02. The maximum absolute atomic E-state index is 12.9. The Hall–Kier alpha value is -1.02. The number of aromatic nitrogens is 2. The van der Waals surface area contributed by atoms with Gasteiger partial charge in [0, 0.05) is 0 Å². The standard InChI is InChI=1S/C12H8BrFN2O3.Na/c1-6-9(13)11(17)10(12(18)19)15-16(6)8-4-2-7(14)3-5-8;/h2-5H,1H3,(H,18,19);/q;+1/p-1. The van der Waals surface area contributed by atoms with Gasteiger partial charge in [0.25, 0.3) is 0 Å². The Bertz CT molecular complexity index is 716. The van der Waals surface area contributed by atoms with Crippen LogP contribution in [0.2, 0.25) is 0 Å². The van der Waals surface area contributed by atoms with Crippen LogP contribution in [0, 0.1) is 12.7 Å². The molecule has 0 atom stereocenters. The number of carbonyl (C=O) groups excluding carboxylic acids is 1. The summed E-state index contributed by atoms with van der Waals surface area (Å²) in [5, 5.41) is 14.6. The van der Waals surface area contributed by atoms with E-state index in [1.165, 1.54) is 28.9 Å². The van der Waals surface area contributed by atoms with E-state index in [0.717, 1.165) is 0 Å². The molecule has 0 radical (unpaired) electrons. The molecule has 8 heteroatoms. The fraction of sp³-hybridized carbons (Fsp3) is 0.0833. The molecule has 0 saturated heterocycles. The van der Waals surface area contributed by atoms with E-state index in [0.29, 0.717) is 11.4 Å². The van der Waals surface area contributed by atoms with Crippen LogP contribution in [0.15, 0.2) is 33.5 Å². The molecule has 1 heterocycles. The molecule has 0 aliphatic rings. The Morgan fingerprint density at radius 2 is 1.90 bits per heavy atom. The Morgan fingerprint density at radius 3 is 2.40 bits per heavy atom. The van der Waals surface area contributed by atoms with E-state index >= 15 is 0 Å². The molecule has 98 valence electrons. The molecule has 20 heavy (non-hydrogen) atoms. The van der Waals surface area contributed by atoms with Gasteiger partial charge in [0.05, 0.1) is 21.8 Å². The maximum atomic E-state index is 12.9. The van der Waals surface area contributed by atoms with Crippen molar-refractivity contribution < 1.29 is 43.8 Å². The molecule has 1 aromatic heterocycles. The number of benzene rings is 1. The topological polar surface area (TPSA) is 75.0 Å². The van der Waals surface area contributed by atoms with Crippen molar-refractivity contribution in [1.29, 1.82) is 0 Å². The second-order valence-electron chi connectivity index (χ2n) is 3.75. The van der Waals surface area contributed by atoms with Gasteiger partial charge in [-0.05, 0) is 47.1 Å². The van der Waals surface area contributed by atoms with Crippen LogP contribution < -0.4 is 40.1 Å². The van der Waals surface area contributed by atoms with Crippen molar-refractivity contribution in [2.75, 3.05) is 0 Å². The zero-order valence-corrected chi connectivity index (χ0v) is 14.3. The quantitative estimate of drug-likeness (QED) is 0.578. The third kappa shape index (κ3) is 3.17. The minimum atomic E-state index is -1.67. The maximum Gasteiger partial charge on any atom is 1.00 e. The number of carboxylic acid groups (broad SMARTS) is 1. The number of carbonyl (C=O) groups is 1. The van der Waals surface area contributed by atoms with Crippen LogP contribution in [0.4, 0.5) is 4.39 Å². The third-order valence-electron chi connectivity index (χ3n) is 2.51. The normalized spacial score (nSPS) is 9.95. The van der Waals surface area contributed by atoms with Crippen LogP contribution in [0.3, 0.4) is 0 Å². The smallest absolute Gasteiger partial charge is 0.543 e. The van der Waals surface area contributed by atoms with Crippen molar-refractivity contribution in [3.8, 4) is 5.69 Å². The molecule has 0 unspecified atom stereocenters. The van der Waals surface area contributed by atoms with Crippen molar-refractivity contribution in [1.82, 2.24) is 9.78 Å². The number of hydrogen-bond acceptors (Lipinski definition) is 4. The van der Waals surface area contributed by atoms with Gasteiger partial charge in [-0.15, -0.1) is 0 Å². The first kappa shape index (κ1) is 17.0. The first-order valence-corrected chi connectivity index (χ1v) is 5.98. The first-order chi connectivity index (χ1) is 8.91. The average molecular weight is 349 g/mol. The Morgan fingerprint density at radius 1 is 1.35 bits per heavy atom. The first-order valence-electron chi connectivity index (χ1n) is 5.18. The fourth-order valence-corrected chi connectivity index (χ4v) is 1.90. The minimum Gasteiger partial charge on any atom is -0.543 e. The predicted octanol–water partition coefficient (Wildman–Crippen LogP) is -2.19. The van der Waals surface area contributed by atoms with Gasteiger partial charge in [-0.1, -0.05) is 0 Å². The van der Waals surface area contributed by atoms with E-state index in [-0.39, 0.29) is 34.0 Å². The van der Waals surface area contributed by atoms with Crippen molar-refractivity contribution >= 4 is 21.9 Å². The molecule has 0 bridgehead atoms. The summed E-state index contributed by atoms with van der Waals surface area (Å²) in [6.45, 7) is 1.58. The summed E-state index contributed by atoms with van der Waals surface area (Å²) in [6, 6.07) is 5.26. The van der Waals surface area contributed by atoms with Crippen molar-refractivity contribution in [2.45, 2.75) is 6.92 Å².